The van der Waals surface area contributed by atoms with E-state index in [1.165, 1.54) is 25.3 Å². The van der Waals surface area contributed by atoms with E-state index in [9.17, 15) is 10.1 Å². The van der Waals surface area contributed by atoms with Crippen molar-refractivity contribution in [2.24, 2.45) is 5.92 Å². The standard InChI is InChI=1S/C15H20BrNO3/c1-2-11-5-3-7-13(9-11)20-10-12-6-4-8-14(15(12)16)17(18)19/h4,6,8,11,13H,2-3,5,7,9-10H2,1H3. The maximum absolute atomic E-state index is 10.9. The molecule has 0 heterocycles. The Morgan fingerprint density at radius 1 is 1.45 bits per heavy atom. The van der Waals surface area contributed by atoms with E-state index in [0.29, 0.717) is 17.2 Å². The number of hydrogen-bond acceptors (Lipinski definition) is 3. The summed E-state index contributed by atoms with van der Waals surface area (Å²) in [6, 6.07) is 5.08. The monoisotopic (exact) mass is 341 g/mol. The van der Waals surface area contributed by atoms with Crippen LogP contribution in [0.2, 0.25) is 0 Å². The molecule has 2 unspecified atom stereocenters. The summed E-state index contributed by atoms with van der Waals surface area (Å²) in [6.45, 7) is 2.66. The average molecular weight is 342 g/mol. The van der Waals surface area contributed by atoms with Crippen LogP contribution in [-0.4, -0.2) is 11.0 Å². The van der Waals surface area contributed by atoms with Gasteiger partial charge in [0.25, 0.3) is 5.69 Å². The summed E-state index contributed by atoms with van der Waals surface area (Å²) in [7, 11) is 0. The minimum Gasteiger partial charge on any atom is -0.373 e. The van der Waals surface area contributed by atoms with Gasteiger partial charge in [0.1, 0.15) is 4.47 Å². The summed E-state index contributed by atoms with van der Waals surface area (Å²) in [5.41, 5.74) is 0.944. The van der Waals surface area contributed by atoms with E-state index in [-0.39, 0.29) is 10.6 Å². The van der Waals surface area contributed by atoms with Crippen molar-refractivity contribution in [2.45, 2.75) is 51.7 Å². The highest BCUT2D eigenvalue weighted by atomic mass is 79.9. The Hall–Kier alpha value is -0.940. The van der Waals surface area contributed by atoms with Crippen LogP contribution in [0.1, 0.15) is 44.6 Å². The van der Waals surface area contributed by atoms with Gasteiger partial charge in [-0.2, -0.15) is 0 Å². The summed E-state index contributed by atoms with van der Waals surface area (Å²) in [5, 5.41) is 10.9. The zero-order valence-electron chi connectivity index (χ0n) is 11.7. The largest absolute Gasteiger partial charge is 0.373 e. The molecule has 1 aliphatic rings. The molecule has 4 nitrogen and oxygen atoms in total. The Morgan fingerprint density at radius 3 is 2.95 bits per heavy atom. The molecule has 0 radical (unpaired) electrons. The third-order valence-corrected chi connectivity index (χ3v) is 4.96. The SMILES string of the molecule is CCC1CCCC(OCc2cccc([N+](=O)[O-])c2Br)C1. The summed E-state index contributed by atoms with van der Waals surface area (Å²) in [6.07, 6.45) is 6.24. The lowest BCUT2D eigenvalue weighted by Gasteiger charge is -2.28. The van der Waals surface area contributed by atoms with Gasteiger partial charge in [0.05, 0.1) is 17.6 Å². The van der Waals surface area contributed by atoms with Crippen molar-refractivity contribution in [3.63, 3.8) is 0 Å². The Morgan fingerprint density at radius 2 is 2.25 bits per heavy atom. The van der Waals surface area contributed by atoms with E-state index < -0.39 is 0 Å². The Bertz CT molecular complexity index is 478. The van der Waals surface area contributed by atoms with Gasteiger partial charge in [0.2, 0.25) is 0 Å². The van der Waals surface area contributed by atoms with Gasteiger partial charge >= 0.3 is 0 Å². The third kappa shape index (κ3) is 3.79. The van der Waals surface area contributed by atoms with E-state index >= 15 is 0 Å². The minimum absolute atomic E-state index is 0.0983. The smallest absolute Gasteiger partial charge is 0.283 e. The number of nitro groups is 1. The normalized spacial score (nSPS) is 22.7. The number of nitrogens with zero attached hydrogens (tertiary/aromatic N) is 1. The fourth-order valence-corrected chi connectivity index (χ4v) is 3.31. The first-order chi connectivity index (χ1) is 9.61. The Balaban J connectivity index is 1.97. The topological polar surface area (TPSA) is 52.4 Å². The number of nitro benzene ring substituents is 1. The number of ether oxygens (including phenoxy) is 1. The lowest BCUT2D eigenvalue weighted by molar-refractivity contribution is -0.385. The second-order valence-electron chi connectivity index (χ2n) is 5.38. The van der Waals surface area contributed by atoms with Gasteiger partial charge in [-0.3, -0.25) is 10.1 Å². The number of halogens is 1. The molecule has 0 aliphatic heterocycles. The first-order valence-electron chi connectivity index (χ1n) is 7.15. The highest BCUT2D eigenvalue weighted by molar-refractivity contribution is 9.10. The molecule has 20 heavy (non-hydrogen) atoms. The highest BCUT2D eigenvalue weighted by Crippen LogP contribution is 2.32. The summed E-state index contributed by atoms with van der Waals surface area (Å²) in [4.78, 5) is 10.5. The highest BCUT2D eigenvalue weighted by Gasteiger charge is 2.22. The Labute approximate surface area is 127 Å². The fraction of sp³-hybridized carbons (Fsp3) is 0.600. The molecule has 0 amide bonds. The van der Waals surface area contributed by atoms with Crippen molar-refractivity contribution in [3.8, 4) is 0 Å². The van der Waals surface area contributed by atoms with Crippen molar-refractivity contribution in [1.29, 1.82) is 0 Å². The van der Waals surface area contributed by atoms with Crippen LogP contribution in [0, 0.1) is 16.0 Å². The van der Waals surface area contributed by atoms with Crippen molar-refractivity contribution < 1.29 is 9.66 Å². The summed E-state index contributed by atoms with van der Waals surface area (Å²) < 4.78 is 6.50. The van der Waals surface area contributed by atoms with Gasteiger partial charge in [-0.15, -0.1) is 0 Å². The first kappa shape index (κ1) is 15.4. The average Bonchev–Trinajstić information content (AvgIpc) is 2.46. The molecule has 0 aromatic heterocycles. The fourth-order valence-electron chi connectivity index (χ4n) is 2.79. The molecule has 1 aromatic carbocycles. The van der Waals surface area contributed by atoms with Crippen LogP contribution in [-0.2, 0) is 11.3 Å². The lowest BCUT2D eigenvalue weighted by Crippen LogP contribution is -2.22. The second-order valence-corrected chi connectivity index (χ2v) is 6.17. The van der Waals surface area contributed by atoms with E-state index in [1.807, 2.05) is 6.07 Å². The van der Waals surface area contributed by atoms with Gasteiger partial charge in [-0.25, -0.2) is 0 Å². The molecule has 0 N–H and O–H groups in total. The molecular formula is C15H20BrNO3. The molecule has 0 bridgehead atoms. The summed E-state index contributed by atoms with van der Waals surface area (Å²) in [5.74, 6) is 0.766. The van der Waals surface area contributed by atoms with E-state index in [0.717, 1.165) is 24.3 Å². The van der Waals surface area contributed by atoms with E-state index in [1.54, 1.807) is 6.07 Å². The zero-order chi connectivity index (χ0) is 14.5. The van der Waals surface area contributed by atoms with Gasteiger partial charge in [-0.1, -0.05) is 38.3 Å². The minimum atomic E-state index is -0.374. The van der Waals surface area contributed by atoms with Crippen molar-refractivity contribution in [2.75, 3.05) is 0 Å². The molecule has 110 valence electrons. The predicted molar refractivity (Wildman–Crippen MR) is 81.6 cm³/mol. The third-order valence-electron chi connectivity index (χ3n) is 4.04. The summed E-state index contributed by atoms with van der Waals surface area (Å²) >= 11 is 3.31. The molecule has 0 saturated heterocycles. The number of benzene rings is 1. The Kier molecular flexibility index (Phi) is 5.54. The van der Waals surface area contributed by atoms with Gasteiger partial charge in [-0.05, 0) is 40.3 Å². The second kappa shape index (κ2) is 7.18. The molecule has 1 aromatic rings. The van der Waals surface area contributed by atoms with E-state index in [4.69, 9.17) is 4.74 Å². The maximum Gasteiger partial charge on any atom is 0.283 e. The van der Waals surface area contributed by atoms with Crippen molar-refractivity contribution in [1.82, 2.24) is 0 Å². The van der Waals surface area contributed by atoms with Gasteiger partial charge in [0.15, 0.2) is 0 Å². The van der Waals surface area contributed by atoms with Crippen LogP contribution in [0.25, 0.3) is 0 Å². The first-order valence-corrected chi connectivity index (χ1v) is 7.94. The molecule has 1 aliphatic carbocycles. The molecule has 0 spiro atoms. The van der Waals surface area contributed by atoms with Crippen LogP contribution in [0.3, 0.4) is 0 Å². The van der Waals surface area contributed by atoms with Crippen LogP contribution >= 0.6 is 15.9 Å². The van der Waals surface area contributed by atoms with Crippen molar-refractivity contribution >= 4 is 21.6 Å². The molecule has 1 fully saturated rings. The van der Waals surface area contributed by atoms with Crippen LogP contribution in [0.4, 0.5) is 5.69 Å². The number of rotatable bonds is 5. The molecule has 1 saturated carbocycles. The predicted octanol–water partition coefficient (Wildman–Crippen LogP) is 4.84. The molecule has 2 rings (SSSR count). The quantitative estimate of drug-likeness (QED) is 0.568. The van der Waals surface area contributed by atoms with Gasteiger partial charge < -0.3 is 4.74 Å². The maximum atomic E-state index is 10.9. The van der Waals surface area contributed by atoms with Crippen molar-refractivity contribution in [3.05, 3.63) is 38.3 Å². The van der Waals surface area contributed by atoms with Gasteiger partial charge in [0, 0.05) is 6.07 Å². The number of hydrogen-bond donors (Lipinski definition) is 0. The van der Waals surface area contributed by atoms with E-state index in [2.05, 4.69) is 22.9 Å². The molecular weight excluding hydrogens is 322 g/mol. The van der Waals surface area contributed by atoms with Crippen LogP contribution in [0.5, 0.6) is 0 Å². The zero-order valence-corrected chi connectivity index (χ0v) is 13.3. The molecule has 2 atom stereocenters. The van der Waals surface area contributed by atoms with Crippen LogP contribution in [0.15, 0.2) is 22.7 Å². The molecule has 5 heteroatoms. The van der Waals surface area contributed by atoms with Crippen LogP contribution < -0.4 is 0 Å². The lowest BCUT2D eigenvalue weighted by atomic mass is 9.85.